The molecule has 3 aromatic rings. The minimum Gasteiger partial charge on any atom is -0.477 e. The maximum Gasteiger partial charge on any atom is 0.345 e. The first kappa shape index (κ1) is 11.9. The van der Waals surface area contributed by atoms with Crippen LogP contribution in [-0.2, 0) is 6.54 Å². The fourth-order valence-electron chi connectivity index (χ4n) is 2.10. The Morgan fingerprint density at radius 1 is 1.42 bits per heavy atom. The van der Waals surface area contributed by atoms with Crippen molar-refractivity contribution in [3.63, 3.8) is 0 Å². The number of carboxylic acid groups (broad SMARTS) is 1. The Morgan fingerprint density at radius 3 is 2.95 bits per heavy atom. The van der Waals surface area contributed by atoms with Crippen molar-refractivity contribution < 1.29 is 9.90 Å². The van der Waals surface area contributed by atoms with E-state index < -0.39 is 5.97 Å². The molecule has 3 rings (SSSR count). The molecule has 0 fully saturated rings. The Hall–Kier alpha value is -2.14. The number of rotatable bonds is 3. The molecule has 1 aromatic carbocycles. The van der Waals surface area contributed by atoms with E-state index in [2.05, 4.69) is 4.98 Å². The number of hydrogen-bond donors (Lipinski definition) is 1. The highest BCUT2D eigenvalue weighted by atomic mass is 32.1. The first-order chi connectivity index (χ1) is 9.15. The van der Waals surface area contributed by atoms with Crippen LogP contribution in [0.25, 0.3) is 11.0 Å². The number of aromatic nitrogens is 2. The van der Waals surface area contributed by atoms with Crippen molar-refractivity contribution in [2.75, 3.05) is 0 Å². The second-order valence-electron chi connectivity index (χ2n) is 4.36. The number of thiophene rings is 1. The Bertz CT molecular complexity index is 758. The summed E-state index contributed by atoms with van der Waals surface area (Å²) in [6.07, 6.45) is 1.79. The molecule has 96 valence electrons. The van der Waals surface area contributed by atoms with Gasteiger partial charge in [-0.1, -0.05) is 12.1 Å². The van der Waals surface area contributed by atoms with Crippen LogP contribution in [0.1, 0.15) is 20.1 Å². The molecule has 4 nitrogen and oxygen atoms in total. The van der Waals surface area contributed by atoms with Gasteiger partial charge in [-0.3, -0.25) is 0 Å². The maximum absolute atomic E-state index is 11.0. The summed E-state index contributed by atoms with van der Waals surface area (Å²) in [7, 11) is 0. The van der Waals surface area contributed by atoms with Gasteiger partial charge in [0.1, 0.15) is 4.88 Å². The van der Waals surface area contributed by atoms with Gasteiger partial charge in [0.2, 0.25) is 0 Å². The summed E-state index contributed by atoms with van der Waals surface area (Å²) in [5, 5.41) is 9.01. The number of aryl methyl sites for hydroxylation is 1. The molecule has 0 unspecified atom stereocenters. The third-order valence-electron chi connectivity index (χ3n) is 3.10. The Balaban J connectivity index is 1.99. The van der Waals surface area contributed by atoms with Crippen LogP contribution in [0.4, 0.5) is 0 Å². The average Bonchev–Trinajstić information content (AvgIpc) is 2.96. The summed E-state index contributed by atoms with van der Waals surface area (Å²) in [5.41, 5.74) is 3.05. The van der Waals surface area contributed by atoms with Crippen LogP contribution in [0.15, 0.2) is 36.7 Å². The Morgan fingerprint density at radius 2 is 2.21 bits per heavy atom. The molecule has 1 N–H and O–H groups in total. The zero-order chi connectivity index (χ0) is 13.4. The molecule has 0 aliphatic rings. The zero-order valence-electron chi connectivity index (χ0n) is 10.3. The normalized spacial score (nSPS) is 11.0. The predicted molar refractivity (Wildman–Crippen MR) is 74.9 cm³/mol. The van der Waals surface area contributed by atoms with Crippen molar-refractivity contribution in [1.82, 2.24) is 9.55 Å². The Labute approximate surface area is 113 Å². The van der Waals surface area contributed by atoms with Crippen molar-refractivity contribution in [3.8, 4) is 0 Å². The fourth-order valence-corrected chi connectivity index (χ4v) is 2.97. The molecule has 0 bridgehead atoms. The van der Waals surface area contributed by atoms with Crippen LogP contribution in [0.2, 0.25) is 0 Å². The molecule has 2 aromatic heterocycles. The average molecular weight is 272 g/mol. The van der Waals surface area contributed by atoms with Gasteiger partial charge in [0.25, 0.3) is 0 Å². The molecule has 5 heteroatoms. The van der Waals surface area contributed by atoms with Crippen LogP contribution < -0.4 is 0 Å². The summed E-state index contributed by atoms with van der Waals surface area (Å²) in [4.78, 5) is 16.7. The summed E-state index contributed by atoms with van der Waals surface area (Å²) in [6.45, 7) is 2.60. The SMILES string of the molecule is Cc1sc(C(=O)O)cc1Cn1cnc2ccccc21. The molecule has 0 amide bonds. The third kappa shape index (κ3) is 2.13. The molecule has 19 heavy (non-hydrogen) atoms. The Kier molecular flexibility index (Phi) is 2.83. The van der Waals surface area contributed by atoms with Crippen LogP contribution in [0, 0.1) is 6.92 Å². The van der Waals surface area contributed by atoms with Crippen molar-refractivity contribution in [3.05, 3.63) is 52.0 Å². The first-order valence-electron chi connectivity index (χ1n) is 5.87. The lowest BCUT2D eigenvalue weighted by Gasteiger charge is -2.03. The van der Waals surface area contributed by atoms with Gasteiger partial charge >= 0.3 is 5.97 Å². The number of carboxylic acids is 1. The van der Waals surface area contributed by atoms with Crippen molar-refractivity contribution >= 4 is 28.3 Å². The van der Waals surface area contributed by atoms with Crippen molar-refractivity contribution in [2.24, 2.45) is 0 Å². The highest BCUT2D eigenvalue weighted by molar-refractivity contribution is 7.14. The number of nitrogens with zero attached hydrogens (tertiary/aromatic N) is 2. The highest BCUT2D eigenvalue weighted by Gasteiger charge is 2.12. The quantitative estimate of drug-likeness (QED) is 0.796. The molecular weight excluding hydrogens is 260 g/mol. The number of benzene rings is 1. The van der Waals surface area contributed by atoms with E-state index in [1.54, 1.807) is 12.4 Å². The topological polar surface area (TPSA) is 55.1 Å². The van der Waals surface area contributed by atoms with Gasteiger partial charge in [-0.25, -0.2) is 9.78 Å². The van der Waals surface area contributed by atoms with E-state index in [0.717, 1.165) is 21.5 Å². The van der Waals surface area contributed by atoms with Crippen molar-refractivity contribution in [2.45, 2.75) is 13.5 Å². The summed E-state index contributed by atoms with van der Waals surface area (Å²) >= 11 is 1.32. The second-order valence-corrected chi connectivity index (χ2v) is 5.61. The van der Waals surface area contributed by atoms with Crippen LogP contribution in [0.3, 0.4) is 0 Å². The molecule has 0 spiro atoms. The van der Waals surface area contributed by atoms with E-state index >= 15 is 0 Å². The number of para-hydroxylation sites is 2. The molecule has 0 saturated carbocycles. The van der Waals surface area contributed by atoms with E-state index in [-0.39, 0.29) is 0 Å². The zero-order valence-corrected chi connectivity index (χ0v) is 11.1. The summed E-state index contributed by atoms with van der Waals surface area (Å²) in [5.74, 6) is -0.866. The van der Waals surface area contributed by atoms with E-state index in [1.165, 1.54) is 11.3 Å². The predicted octanol–water partition coefficient (Wildman–Crippen LogP) is 3.15. The lowest BCUT2D eigenvalue weighted by Crippen LogP contribution is -1.98. The maximum atomic E-state index is 11.0. The minimum atomic E-state index is -0.866. The number of fused-ring (bicyclic) bond motifs is 1. The fraction of sp³-hybridized carbons (Fsp3) is 0.143. The van der Waals surface area contributed by atoms with Gasteiger partial charge in [0, 0.05) is 4.88 Å². The van der Waals surface area contributed by atoms with Gasteiger partial charge in [-0.2, -0.15) is 0 Å². The van der Waals surface area contributed by atoms with Crippen LogP contribution >= 0.6 is 11.3 Å². The van der Waals surface area contributed by atoms with Gasteiger partial charge < -0.3 is 9.67 Å². The van der Waals surface area contributed by atoms with E-state index in [9.17, 15) is 4.79 Å². The smallest absolute Gasteiger partial charge is 0.345 e. The molecule has 0 atom stereocenters. The third-order valence-corrected chi connectivity index (χ3v) is 4.18. The van der Waals surface area contributed by atoms with Gasteiger partial charge in [0.15, 0.2) is 0 Å². The van der Waals surface area contributed by atoms with Gasteiger partial charge in [-0.15, -0.1) is 11.3 Å². The molecule has 0 radical (unpaired) electrons. The lowest BCUT2D eigenvalue weighted by atomic mass is 10.2. The number of carbonyl (C=O) groups is 1. The number of imidazole rings is 1. The van der Waals surface area contributed by atoms with Crippen LogP contribution in [-0.4, -0.2) is 20.6 Å². The lowest BCUT2D eigenvalue weighted by molar-refractivity contribution is 0.0702. The number of aromatic carboxylic acids is 1. The largest absolute Gasteiger partial charge is 0.477 e. The van der Waals surface area contributed by atoms with Gasteiger partial charge in [-0.05, 0) is 30.7 Å². The summed E-state index contributed by atoms with van der Waals surface area (Å²) in [6, 6.07) is 9.66. The first-order valence-corrected chi connectivity index (χ1v) is 6.69. The van der Waals surface area contributed by atoms with Gasteiger partial charge in [0.05, 0.1) is 23.9 Å². The monoisotopic (exact) mass is 272 g/mol. The van der Waals surface area contributed by atoms with Crippen LogP contribution in [0.5, 0.6) is 0 Å². The van der Waals surface area contributed by atoms with E-state index in [1.807, 2.05) is 35.8 Å². The summed E-state index contributed by atoms with van der Waals surface area (Å²) < 4.78 is 2.04. The molecule has 0 aliphatic carbocycles. The van der Waals surface area contributed by atoms with E-state index in [4.69, 9.17) is 5.11 Å². The second kappa shape index (κ2) is 4.51. The molecule has 2 heterocycles. The van der Waals surface area contributed by atoms with Crippen molar-refractivity contribution in [1.29, 1.82) is 0 Å². The van der Waals surface area contributed by atoms with E-state index in [0.29, 0.717) is 11.4 Å². The highest BCUT2D eigenvalue weighted by Crippen LogP contribution is 2.23. The minimum absolute atomic E-state index is 0.386. The molecular formula is C14H12N2O2S. The molecule has 0 saturated heterocycles. The standard InChI is InChI=1S/C14H12N2O2S/c1-9-10(6-13(19-9)14(17)18)7-16-8-15-11-4-2-3-5-12(11)16/h2-6,8H,7H2,1H3,(H,17,18). The number of hydrogen-bond acceptors (Lipinski definition) is 3. The molecule has 0 aliphatic heterocycles.